The van der Waals surface area contributed by atoms with Crippen LogP contribution in [0.4, 0.5) is 0 Å². The molecule has 2 aromatic heterocycles. The molecule has 0 unspecified atom stereocenters. The van der Waals surface area contributed by atoms with Crippen LogP contribution in [0.25, 0.3) is 60.6 Å². The lowest BCUT2D eigenvalue weighted by Crippen LogP contribution is -2.58. The summed E-state index contributed by atoms with van der Waals surface area (Å²) < 4.78 is 9.55. The topological polar surface area (TPSA) is 18.1 Å². The van der Waals surface area contributed by atoms with Gasteiger partial charge in [-0.25, -0.2) is 0 Å². The van der Waals surface area contributed by atoms with Gasteiger partial charge in [0, 0.05) is 52.4 Å². The van der Waals surface area contributed by atoms with Crippen molar-refractivity contribution in [2.75, 3.05) is 0 Å². The molecule has 0 N–H and O–H groups in total. The summed E-state index contributed by atoms with van der Waals surface area (Å²) in [5.41, 5.74) is 17.5. The van der Waals surface area contributed by atoms with Gasteiger partial charge in [0.2, 0.25) is 6.71 Å². The SMILES string of the molecule is Cc1ccc2c(c1)Sc1cc(-n3c4ccccc4c4c5c(c6oc7ccccc7c6c43)-c3ccccc3C5(C)C)cc3c1B2c1ccc(C)cc1S3. The van der Waals surface area contributed by atoms with Crippen molar-refractivity contribution in [3.05, 3.63) is 144 Å². The highest BCUT2D eigenvalue weighted by Gasteiger charge is 2.42. The average molecular weight is 702 g/mol. The van der Waals surface area contributed by atoms with Gasteiger partial charge in [0.05, 0.1) is 16.4 Å². The summed E-state index contributed by atoms with van der Waals surface area (Å²) in [6.07, 6.45) is 0. The molecule has 9 aromatic rings. The van der Waals surface area contributed by atoms with E-state index in [2.05, 4.69) is 154 Å². The Morgan fingerprint density at radius 1 is 0.635 bits per heavy atom. The zero-order valence-corrected chi connectivity index (χ0v) is 30.9. The molecule has 1 aliphatic carbocycles. The maximum Gasteiger partial charge on any atom is 0.247 e. The van der Waals surface area contributed by atoms with Gasteiger partial charge in [0.15, 0.2) is 0 Å². The molecule has 0 amide bonds. The van der Waals surface area contributed by atoms with Gasteiger partial charge in [-0.1, -0.05) is 144 Å². The quantitative estimate of drug-likeness (QED) is 0.159. The standard InChI is InChI=1S/C47H32BNOS2/c1-25-17-19-32-36(21-25)51-38-23-27(24-39-44(38)48(32)33-20-18-26(2)22-37(33)52-39)49-34-15-9-6-12-29(34)40-43-41(28-11-5-8-14-31(28)47(43,3)4)46-42(45(40)49)30-13-7-10-16-35(30)50-46/h5-24H,1-4H3. The van der Waals surface area contributed by atoms with E-state index < -0.39 is 0 Å². The van der Waals surface area contributed by atoms with Gasteiger partial charge >= 0.3 is 0 Å². The van der Waals surface area contributed by atoms with E-state index in [1.165, 1.54) is 102 Å². The lowest BCUT2D eigenvalue weighted by Gasteiger charge is -2.33. The van der Waals surface area contributed by atoms with Gasteiger partial charge < -0.3 is 8.98 Å². The number of hydrogen-bond acceptors (Lipinski definition) is 3. The Morgan fingerprint density at radius 3 is 2.00 bits per heavy atom. The fourth-order valence-corrected chi connectivity index (χ4v) is 12.4. The number of furan rings is 1. The summed E-state index contributed by atoms with van der Waals surface area (Å²) in [4.78, 5) is 5.42. The number of fused-ring (bicyclic) bond motifs is 16. The van der Waals surface area contributed by atoms with Crippen LogP contribution in [-0.4, -0.2) is 11.3 Å². The summed E-state index contributed by atoms with van der Waals surface area (Å²) in [7, 11) is 0. The van der Waals surface area contributed by atoms with Crippen LogP contribution in [0, 0.1) is 13.8 Å². The summed E-state index contributed by atoms with van der Waals surface area (Å²) in [6.45, 7) is 9.43. The first-order chi connectivity index (χ1) is 25.4. The molecule has 0 saturated carbocycles. The van der Waals surface area contributed by atoms with E-state index in [-0.39, 0.29) is 12.1 Å². The monoisotopic (exact) mass is 701 g/mol. The number of aromatic nitrogens is 1. The third kappa shape index (κ3) is 3.65. The lowest BCUT2D eigenvalue weighted by atomic mass is 9.36. The van der Waals surface area contributed by atoms with Gasteiger partial charge in [-0.05, 0) is 72.4 Å². The van der Waals surface area contributed by atoms with Crippen molar-refractivity contribution >= 4 is 90.4 Å². The first-order valence-corrected chi connectivity index (χ1v) is 19.8. The predicted molar refractivity (Wildman–Crippen MR) is 221 cm³/mol. The van der Waals surface area contributed by atoms with E-state index in [0.29, 0.717) is 0 Å². The first kappa shape index (κ1) is 29.5. The second kappa shape index (κ2) is 10.1. The van der Waals surface area contributed by atoms with Crippen LogP contribution in [0.1, 0.15) is 36.1 Å². The molecular formula is C47H32BNOS2. The highest BCUT2D eigenvalue weighted by Crippen LogP contribution is 2.58. The lowest BCUT2D eigenvalue weighted by molar-refractivity contribution is 0.658. The van der Waals surface area contributed by atoms with Crippen molar-refractivity contribution in [2.24, 2.45) is 0 Å². The van der Waals surface area contributed by atoms with E-state index in [4.69, 9.17) is 4.42 Å². The fraction of sp³-hybridized carbons (Fsp3) is 0.106. The Hall–Kier alpha value is -5.10. The maximum absolute atomic E-state index is 6.98. The fourth-order valence-electron chi connectivity index (χ4n) is 9.78. The number of para-hydroxylation sites is 2. The van der Waals surface area contributed by atoms with E-state index in [1.807, 2.05) is 23.5 Å². The third-order valence-corrected chi connectivity index (χ3v) is 14.2. The number of nitrogens with zero attached hydrogens (tertiary/aromatic N) is 1. The van der Waals surface area contributed by atoms with Crippen LogP contribution in [-0.2, 0) is 5.41 Å². The molecule has 0 saturated heterocycles. The molecule has 7 aromatic carbocycles. The molecule has 2 nitrogen and oxygen atoms in total. The number of hydrogen-bond donors (Lipinski definition) is 0. The van der Waals surface area contributed by atoms with Crippen molar-refractivity contribution in [3.8, 4) is 16.8 Å². The molecule has 4 heterocycles. The Morgan fingerprint density at radius 2 is 1.27 bits per heavy atom. The van der Waals surface area contributed by atoms with E-state index in [1.54, 1.807) is 0 Å². The zero-order valence-electron chi connectivity index (χ0n) is 29.3. The number of rotatable bonds is 1. The number of aryl methyl sites for hydroxylation is 2. The maximum atomic E-state index is 6.98. The Balaban J connectivity index is 1.25. The Labute approximate surface area is 310 Å². The summed E-state index contributed by atoms with van der Waals surface area (Å²) in [6, 6.07) is 45.7. The molecule has 5 heteroatoms. The van der Waals surface area contributed by atoms with Gasteiger partial charge in [0.25, 0.3) is 0 Å². The minimum Gasteiger partial charge on any atom is -0.455 e. The largest absolute Gasteiger partial charge is 0.455 e. The Bertz CT molecular complexity index is 3020. The molecular weight excluding hydrogens is 669 g/mol. The van der Waals surface area contributed by atoms with Gasteiger partial charge in [-0.15, -0.1) is 0 Å². The van der Waals surface area contributed by atoms with Crippen LogP contribution in [0.15, 0.2) is 145 Å². The third-order valence-electron chi connectivity index (χ3n) is 12.0. The molecule has 0 atom stereocenters. The molecule has 3 aliphatic rings. The average Bonchev–Trinajstić information content (AvgIpc) is 3.77. The van der Waals surface area contributed by atoms with Gasteiger partial charge in [0.1, 0.15) is 11.2 Å². The van der Waals surface area contributed by atoms with Crippen LogP contribution < -0.4 is 16.4 Å². The first-order valence-electron chi connectivity index (χ1n) is 18.1. The Kier molecular flexibility index (Phi) is 5.71. The van der Waals surface area contributed by atoms with E-state index in [0.717, 1.165) is 16.6 Å². The molecule has 0 radical (unpaired) electrons. The predicted octanol–water partition coefficient (Wildman–Crippen LogP) is 11.1. The second-order valence-electron chi connectivity index (χ2n) is 15.4. The highest BCUT2D eigenvalue weighted by atomic mass is 32.2. The normalized spacial score (nSPS) is 14.9. The van der Waals surface area contributed by atoms with Crippen molar-refractivity contribution in [1.82, 2.24) is 4.57 Å². The van der Waals surface area contributed by atoms with Crippen molar-refractivity contribution in [2.45, 2.75) is 52.7 Å². The molecule has 0 fully saturated rings. The van der Waals surface area contributed by atoms with Crippen molar-refractivity contribution in [3.63, 3.8) is 0 Å². The second-order valence-corrected chi connectivity index (χ2v) is 17.5. The highest BCUT2D eigenvalue weighted by molar-refractivity contribution is 8.01. The molecule has 0 bridgehead atoms. The molecule has 2 aliphatic heterocycles. The molecule has 52 heavy (non-hydrogen) atoms. The minimum atomic E-state index is -0.212. The van der Waals surface area contributed by atoms with E-state index >= 15 is 0 Å². The summed E-state index contributed by atoms with van der Waals surface area (Å²) in [5.74, 6) is 0. The van der Waals surface area contributed by atoms with Crippen LogP contribution in [0.2, 0.25) is 0 Å². The van der Waals surface area contributed by atoms with Gasteiger partial charge in [-0.3, -0.25) is 0 Å². The van der Waals surface area contributed by atoms with E-state index in [9.17, 15) is 0 Å². The zero-order chi connectivity index (χ0) is 34.6. The molecule has 0 spiro atoms. The summed E-state index contributed by atoms with van der Waals surface area (Å²) >= 11 is 3.88. The molecule has 12 rings (SSSR count). The number of benzene rings is 7. The van der Waals surface area contributed by atoms with Crippen LogP contribution >= 0.6 is 23.5 Å². The minimum absolute atomic E-state index is 0.212. The van der Waals surface area contributed by atoms with Crippen LogP contribution in [0.5, 0.6) is 0 Å². The summed E-state index contributed by atoms with van der Waals surface area (Å²) in [5, 5.41) is 4.97. The molecule has 246 valence electrons. The van der Waals surface area contributed by atoms with Gasteiger partial charge in [-0.2, -0.15) is 0 Å². The smallest absolute Gasteiger partial charge is 0.247 e. The van der Waals surface area contributed by atoms with Crippen molar-refractivity contribution in [1.29, 1.82) is 0 Å². The van der Waals surface area contributed by atoms with Crippen molar-refractivity contribution < 1.29 is 4.42 Å². The van der Waals surface area contributed by atoms with Crippen LogP contribution in [0.3, 0.4) is 0 Å².